The first-order valence-corrected chi connectivity index (χ1v) is 11.8. The predicted octanol–water partition coefficient (Wildman–Crippen LogP) is 2.87. The maximum absolute atomic E-state index is 12.5. The van der Waals surface area contributed by atoms with E-state index >= 15 is 0 Å². The van der Waals surface area contributed by atoms with Gasteiger partial charge < -0.3 is 15.0 Å². The van der Waals surface area contributed by atoms with Crippen molar-refractivity contribution >= 4 is 27.3 Å². The highest BCUT2D eigenvalue weighted by atomic mass is 32.2. The number of benzene rings is 2. The summed E-state index contributed by atoms with van der Waals surface area (Å²) in [4.78, 5) is 14.8. The molecule has 0 atom stereocenters. The first-order valence-electron chi connectivity index (χ1n) is 10.0. The van der Waals surface area contributed by atoms with E-state index in [4.69, 9.17) is 4.74 Å². The summed E-state index contributed by atoms with van der Waals surface area (Å²) < 4.78 is 31.5. The van der Waals surface area contributed by atoms with Gasteiger partial charge in [-0.3, -0.25) is 9.10 Å². The molecular formula is C22H29N3O4S. The molecule has 0 aliphatic carbocycles. The van der Waals surface area contributed by atoms with Gasteiger partial charge in [-0.25, -0.2) is 8.42 Å². The zero-order valence-electron chi connectivity index (χ0n) is 17.7. The Morgan fingerprint density at radius 2 is 1.70 bits per heavy atom. The van der Waals surface area contributed by atoms with Crippen molar-refractivity contribution in [3.05, 3.63) is 54.1 Å². The number of ether oxygens (including phenoxy) is 1. The second-order valence-electron chi connectivity index (χ2n) is 7.80. The molecule has 0 radical (unpaired) electrons. The lowest BCUT2D eigenvalue weighted by atomic mass is 10.1. The van der Waals surface area contributed by atoms with E-state index in [0.29, 0.717) is 11.4 Å². The zero-order valence-corrected chi connectivity index (χ0v) is 18.5. The van der Waals surface area contributed by atoms with Crippen LogP contribution in [0.3, 0.4) is 0 Å². The third-order valence-corrected chi connectivity index (χ3v) is 6.26. The molecule has 0 bridgehead atoms. The number of nitrogens with zero attached hydrogens (tertiary/aromatic N) is 2. The van der Waals surface area contributed by atoms with E-state index in [1.54, 1.807) is 24.3 Å². The van der Waals surface area contributed by atoms with Gasteiger partial charge >= 0.3 is 0 Å². The Kier molecular flexibility index (Phi) is 6.99. The van der Waals surface area contributed by atoms with E-state index < -0.39 is 15.9 Å². The van der Waals surface area contributed by atoms with E-state index in [1.807, 2.05) is 31.2 Å². The molecule has 162 valence electrons. The average molecular weight is 432 g/mol. The smallest absolute Gasteiger partial charge is 0.245 e. The third kappa shape index (κ3) is 6.21. The maximum atomic E-state index is 12.5. The Labute approximate surface area is 178 Å². The molecule has 0 aromatic heterocycles. The molecule has 7 nitrogen and oxygen atoms in total. The number of anilines is 2. The number of piperidine rings is 1. The largest absolute Gasteiger partial charge is 0.490 e. The Bertz CT molecular complexity index is 951. The topological polar surface area (TPSA) is 79.0 Å². The monoisotopic (exact) mass is 431 g/mol. The van der Waals surface area contributed by atoms with Crippen LogP contribution in [0.2, 0.25) is 0 Å². The van der Waals surface area contributed by atoms with Crippen LogP contribution >= 0.6 is 0 Å². The summed E-state index contributed by atoms with van der Waals surface area (Å²) in [6.07, 6.45) is 3.29. The molecule has 1 aliphatic rings. The minimum Gasteiger partial charge on any atom is -0.490 e. The minimum atomic E-state index is -3.60. The van der Waals surface area contributed by atoms with Crippen LogP contribution < -0.4 is 14.4 Å². The van der Waals surface area contributed by atoms with Gasteiger partial charge in [0, 0.05) is 18.8 Å². The van der Waals surface area contributed by atoms with Gasteiger partial charge in [0.2, 0.25) is 15.9 Å². The van der Waals surface area contributed by atoms with Gasteiger partial charge in [-0.1, -0.05) is 17.7 Å². The zero-order chi connectivity index (χ0) is 21.7. The molecule has 2 aromatic rings. The molecule has 1 fully saturated rings. The molecule has 8 heteroatoms. The highest BCUT2D eigenvalue weighted by molar-refractivity contribution is 7.92. The van der Waals surface area contributed by atoms with Crippen LogP contribution in [0.4, 0.5) is 11.4 Å². The second kappa shape index (κ2) is 9.49. The summed E-state index contributed by atoms with van der Waals surface area (Å²) in [7, 11) is -1.49. The summed E-state index contributed by atoms with van der Waals surface area (Å²) in [5.74, 6) is 0.352. The number of amides is 1. The Morgan fingerprint density at radius 1 is 1.10 bits per heavy atom. The summed E-state index contributed by atoms with van der Waals surface area (Å²) in [5.41, 5.74) is 2.06. The van der Waals surface area contributed by atoms with Crippen molar-refractivity contribution in [3.63, 3.8) is 0 Å². The first-order chi connectivity index (χ1) is 14.2. The normalized spacial score (nSPS) is 15.6. The SMILES string of the molecule is Cc1ccc(N(CC(=O)Nc2ccc(OC3CCN(C)CC3)cc2)S(C)(=O)=O)cc1. The maximum Gasteiger partial charge on any atom is 0.245 e. The number of hydrogen-bond donors (Lipinski definition) is 1. The summed E-state index contributed by atoms with van der Waals surface area (Å²) in [6, 6.07) is 14.2. The predicted molar refractivity (Wildman–Crippen MR) is 120 cm³/mol. The van der Waals surface area contributed by atoms with Crippen LogP contribution in [0, 0.1) is 6.92 Å². The van der Waals surface area contributed by atoms with Gasteiger partial charge in [-0.15, -0.1) is 0 Å². The van der Waals surface area contributed by atoms with Crippen molar-refractivity contribution in [1.82, 2.24) is 4.90 Å². The molecule has 1 heterocycles. The summed E-state index contributed by atoms with van der Waals surface area (Å²) >= 11 is 0. The van der Waals surface area contributed by atoms with Crippen LogP contribution in [0.1, 0.15) is 18.4 Å². The van der Waals surface area contributed by atoms with E-state index in [9.17, 15) is 13.2 Å². The van der Waals surface area contributed by atoms with Crippen LogP contribution in [0.5, 0.6) is 5.75 Å². The number of sulfonamides is 1. The average Bonchev–Trinajstić information content (AvgIpc) is 2.69. The molecular weight excluding hydrogens is 402 g/mol. The Balaban J connectivity index is 1.59. The number of likely N-dealkylation sites (tertiary alicyclic amines) is 1. The first kappa shape index (κ1) is 22.1. The number of rotatable bonds is 7. The number of nitrogens with one attached hydrogen (secondary N) is 1. The fourth-order valence-corrected chi connectivity index (χ4v) is 4.21. The lowest BCUT2D eigenvalue weighted by Crippen LogP contribution is -2.37. The van der Waals surface area contributed by atoms with E-state index in [1.165, 1.54) is 0 Å². The molecule has 30 heavy (non-hydrogen) atoms. The van der Waals surface area contributed by atoms with Crippen LogP contribution in [-0.4, -0.2) is 58.3 Å². The molecule has 1 amide bonds. The van der Waals surface area contributed by atoms with Crippen LogP contribution in [-0.2, 0) is 14.8 Å². The molecule has 3 rings (SSSR count). The number of hydrogen-bond acceptors (Lipinski definition) is 5. The molecule has 1 N–H and O–H groups in total. The molecule has 2 aromatic carbocycles. The molecule has 0 spiro atoms. The lowest BCUT2D eigenvalue weighted by molar-refractivity contribution is -0.114. The fourth-order valence-electron chi connectivity index (χ4n) is 3.35. The highest BCUT2D eigenvalue weighted by Crippen LogP contribution is 2.22. The highest BCUT2D eigenvalue weighted by Gasteiger charge is 2.21. The van der Waals surface area contributed by atoms with Gasteiger partial charge in [0.1, 0.15) is 18.4 Å². The fraction of sp³-hybridized carbons (Fsp3) is 0.409. The van der Waals surface area contributed by atoms with Crippen molar-refractivity contribution in [2.45, 2.75) is 25.9 Å². The second-order valence-corrected chi connectivity index (χ2v) is 9.71. The number of carbonyl (C=O) groups excluding carboxylic acids is 1. The number of aryl methyl sites for hydroxylation is 1. The van der Waals surface area contributed by atoms with E-state index in [2.05, 4.69) is 17.3 Å². The van der Waals surface area contributed by atoms with Crippen molar-refractivity contribution in [3.8, 4) is 5.75 Å². The van der Waals surface area contributed by atoms with Gasteiger partial charge in [0.15, 0.2) is 0 Å². The Hall–Kier alpha value is -2.58. The van der Waals surface area contributed by atoms with Crippen molar-refractivity contribution in [2.24, 2.45) is 0 Å². The quantitative estimate of drug-likeness (QED) is 0.729. The molecule has 0 unspecified atom stereocenters. The summed E-state index contributed by atoms with van der Waals surface area (Å²) in [5, 5.41) is 2.76. The standard InChI is InChI=1S/C22H29N3O4S/c1-17-4-8-19(9-5-17)25(30(3,27)28)16-22(26)23-18-6-10-20(11-7-18)29-21-12-14-24(2)15-13-21/h4-11,21H,12-16H2,1-3H3,(H,23,26). The summed E-state index contributed by atoms with van der Waals surface area (Å²) in [6.45, 7) is 3.67. The van der Waals surface area contributed by atoms with Gasteiger partial charge in [0.05, 0.1) is 11.9 Å². The van der Waals surface area contributed by atoms with Gasteiger partial charge in [-0.2, -0.15) is 0 Å². The van der Waals surface area contributed by atoms with Crippen molar-refractivity contribution < 1.29 is 17.9 Å². The number of carbonyl (C=O) groups is 1. The molecule has 1 saturated heterocycles. The van der Waals surface area contributed by atoms with Gasteiger partial charge in [0.25, 0.3) is 0 Å². The van der Waals surface area contributed by atoms with Crippen LogP contribution in [0.15, 0.2) is 48.5 Å². The van der Waals surface area contributed by atoms with Crippen molar-refractivity contribution in [1.29, 1.82) is 0 Å². The van der Waals surface area contributed by atoms with E-state index in [-0.39, 0.29) is 12.6 Å². The Morgan fingerprint density at radius 3 is 2.27 bits per heavy atom. The lowest BCUT2D eigenvalue weighted by Gasteiger charge is -2.29. The third-order valence-electron chi connectivity index (χ3n) is 5.12. The van der Waals surface area contributed by atoms with Gasteiger partial charge in [-0.05, 0) is 63.2 Å². The minimum absolute atomic E-state index is 0.208. The molecule has 0 saturated carbocycles. The van der Waals surface area contributed by atoms with Crippen molar-refractivity contribution in [2.75, 3.05) is 42.6 Å². The van der Waals surface area contributed by atoms with E-state index in [0.717, 1.165) is 47.8 Å². The molecule has 1 aliphatic heterocycles. The van der Waals surface area contributed by atoms with Crippen LogP contribution in [0.25, 0.3) is 0 Å².